The Balaban J connectivity index is 2.09. The van der Waals surface area contributed by atoms with E-state index in [9.17, 15) is 5.11 Å². The monoisotopic (exact) mass is 169 g/mol. The first-order chi connectivity index (χ1) is 5.74. The normalized spacial score (nSPS) is 46.5. The number of hydrogen-bond donors (Lipinski definition) is 2. The Morgan fingerprint density at radius 2 is 1.33 bits per heavy atom. The Morgan fingerprint density at radius 1 is 0.917 bits per heavy atom. The van der Waals surface area contributed by atoms with Gasteiger partial charge in [0, 0.05) is 6.61 Å². The van der Waals surface area contributed by atoms with Gasteiger partial charge in [0.2, 0.25) is 0 Å². The van der Waals surface area contributed by atoms with Gasteiger partial charge in [0.1, 0.15) is 0 Å². The van der Waals surface area contributed by atoms with Gasteiger partial charge in [-0.1, -0.05) is 0 Å². The fourth-order valence-electron chi connectivity index (χ4n) is 2.88. The topological polar surface area (TPSA) is 46.2 Å². The van der Waals surface area contributed by atoms with Crippen molar-refractivity contribution >= 4 is 0 Å². The van der Waals surface area contributed by atoms with Crippen LogP contribution in [0.3, 0.4) is 0 Å². The number of aliphatic hydroxyl groups excluding tert-OH is 1. The molecule has 0 radical (unpaired) electrons. The summed E-state index contributed by atoms with van der Waals surface area (Å²) in [7, 11) is 0. The van der Waals surface area contributed by atoms with Crippen molar-refractivity contribution in [3.8, 4) is 0 Å². The van der Waals surface area contributed by atoms with Crippen molar-refractivity contribution in [3.05, 3.63) is 0 Å². The lowest BCUT2D eigenvalue weighted by molar-refractivity contribution is -0.0375. The molecule has 3 aliphatic rings. The molecular formula is C10H19NO. The zero-order valence-corrected chi connectivity index (χ0v) is 7.68. The molecule has 3 saturated carbocycles. The zero-order valence-electron chi connectivity index (χ0n) is 7.68. The van der Waals surface area contributed by atoms with Crippen molar-refractivity contribution < 1.29 is 5.11 Å². The molecule has 0 aliphatic heterocycles. The molecule has 0 unspecified atom stereocenters. The first-order valence-electron chi connectivity index (χ1n) is 5.05. The van der Waals surface area contributed by atoms with E-state index in [0.717, 1.165) is 6.54 Å². The van der Waals surface area contributed by atoms with E-state index in [-0.39, 0.29) is 0 Å². The van der Waals surface area contributed by atoms with E-state index in [1.165, 1.54) is 38.5 Å². The quantitative estimate of drug-likeness (QED) is 0.654. The summed E-state index contributed by atoms with van der Waals surface area (Å²) in [5, 5.41) is 9.29. The van der Waals surface area contributed by atoms with Crippen LogP contribution in [0, 0.1) is 10.8 Å². The van der Waals surface area contributed by atoms with Crippen molar-refractivity contribution in [3.63, 3.8) is 0 Å². The summed E-state index contributed by atoms with van der Waals surface area (Å²) in [5.74, 6) is 0. The third-order valence-corrected chi connectivity index (χ3v) is 4.33. The Morgan fingerprint density at radius 3 is 1.67 bits per heavy atom. The van der Waals surface area contributed by atoms with E-state index in [1.54, 1.807) is 0 Å². The van der Waals surface area contributed by atoms with Crippen LogP contribution in [0.5, 0.6) is 0 Å². The summed E-state index contributed by atoms with van der Waals surface area (Å²) in [6.07, 6.45) is 7.39. The van der Waals surface area contributed by atoms with Crippen molar-refractivity contribution in [1.82, 2.24) is 0 Å². The molecule has 12 heavy (non-hydrogen) atoms. The molecule has 0 aromatic heterocycles. The van der Waals surface area contributed by atoms with Crippen LogP contribution in [-0.4, -0.2) is 18.3 Å². The number of hydrogen-bond acceptors (Lipinski definition) is 2. The third-order valence-electron chi connectivity index (χ3n) is 4.33. The second-order valence-electron chi connectivity index (χ2n) is 4.86. The molecule has 0 heterocycles. The molecule has 3 rings (SSSR count). The fraction of sp³-hybridized carbons (Fsp3) is 1.00. The van der Waals surface area contributed by atoms with E-state index < -0.39 is 0 Å². The van der Waals surface area contributed by atoms with E-state index in [0.29, 0.717) is 17.4 Å². The maximum absolute atomic E-state index is 9.29. The SMILES string of the molecule is NCC12CCC(CO)(CC1)CC2. The van der Waals surface area contributed by atoms with Crippen LogP contribution in [-0.2, 0) is 0 Å². The van der Waals surface area contributed by atoms with Gasteiger partial charge in [-0.2, -0.15) is 0 Å². The minimum absolute atomic E-state index is 0.302. The highest BCUT2D eigenvalue weighted by Gasteiger charge is 2.47. The van der Waals surface area contributed by atoms with Gasteiger partial charge in [0.15, 0.2) is 0 Å². The van der Waals surface area contributed by atoms with E-state index in [1.807, 2.05) is 0 Å². The largest absolute Gasteiger partial charge is 0.396 e. The molecule has 3 N–H and O–H groups in total. The van der Waals surface area contributed by atoms with Crippen molar-refractivity contribution in [2.75, 3.05) is 13.2 Å². The number of nitrogens with two attached hydrogens (primary N) is 1. The molecular weight excluding hydrogens is 150 g/mol. The molecule has 0 aromatic rings. The molecule has 0 spiro atoms. The van der Waals surface area contributed by atoms with Gasteiger partial charge in [0.25, 0.3) is 0 Å². The lowest BCUT2D eigenvalue weighted by Crippen LogP contribution is -2.46. The van der Waals surface area contributed by atoms with Crippen LogP contribution in [0.4, 0.5) is 0 Å². The molecule has 70 valence electrons. The summed E-state index contributed by atoms with van der Waals surface area (Å²) in [4.78, 5) is 0. The smallest absolute Gasteiger partial charge is 0.0487 e. The van der Waals surface area contributed by atoms with Gasteiger partial charge in [-0.15, -0.1) is 0 Å². The van der Waals surface area contributed by atoms with E-state index >= 15 is 0 Å². The van der Waals surface area contributed by atoms with Crippen molar-refractivity contribution in [1.29, 1.82) is 0 Å². The molecule has 0 aromatic carbocycles. The number of aliphatic hydroxyl groups is 1. The molecule has 3 fully saturated rings. The second-order valence-corrected chi connectivity index (χ2v) is 4.86. The predicted octanol–water partition coefficient (Wildman–Crippen LogP) is 1.28. The minimum Gasteiger partial charge on any atom is -0.396 e. The number of fused-ring (bicyclic) bond motifs is 3. The maximum Gasteiger partial charge on any atom is 0.0487 e. The van der Waals surface area contributed by atoms with Crippen LogP contribution >= 0.6 is 0 Å². The van der Waals surface area contributed by atoms with Gasteiger partial charge in [-0.3, -0.25) is 0 Å². The summed E-state index contributed by atoms with van der Waals surface area (Å²) < 4.78 is 0. The summed E-state index contributed by atoms with van der Waals surface area (Å²) >= 11 is 0. The first kappa shape index (κ1) is 8.52. The fourth-order valence-corrected chi connectivity index (χ4v) is 2.88. The predicted molar refractivity (Wildman–Crippen MR) is 48.7 cm³/mol. The summed E-state index contributed by atoms with van der Waals surface area (Å²) in [5.41, 5.74) is 6.57. The highest BCUT2D eigenvalue weighted by molar-refractivity contribution is 4.99. The summed E-state index contributed by atoms with van der Waals surface area (Å²) in [6, 6.07) is 0. The molecule has 0 atom stereocenters. The van der Waals surface area contributed by atoms with Crippen LogP contribution in [0.1, 0.15) is 38.5 Å². The number of rotatable bonds is 2. The van der Waals surface area contributed by atoms with Crippen LogP contribution < -0.4 is 5.73 Å². The third kappa shape index (κ3) is 1.09. The molecule has 0 amide bonds. The van der Waals surface area contributed by atoms with Crippen molar-refractivity contribution in [2.24, 2.45) is 16.6 Å². The molecule has 3 aliphatic carbocycles. The molecule has 2 heteroatoms. The Labute approximate surface area is 74.1 Å². The second kappa shape index (κ2) is 2.71. The van der Waals surface area contributed by atoms with Gasteiger partial charge < -0.3 is 10.8 Å². The summed E-state index contributed by atoms with van der Waals surface area (Å²) in [6.45, 7) is 1.25. The molecule has 2 bridgehead atoms. The average molecular weight is 169 g/mol. The molecule has 0 saturated heterocycles. The van der Waals surface area contributed by atoms with Gasteiger partial charge in [-0.25, -0.2) is 0 Å². The lowest BCUT2D eigenvalue weighted by Gasteiger charge is -2.52. The van der Waals surface area contributed by atoms with E-state index in [2.05, 4.69) is 0 Å². The Hall–Kier alpha value is -0.0800. The highest BCUT2D eigenvalue weighted by Crippen LogP contribution is 2.55. The Bertz CT molecular complexity index is 134. The van der Waals surface area contributed by atoms with Crippen molar-refractivity contribution in [2.45, 2.75) is 38.5 Å². The van der Waals surface area contributed by atoms with E-state index in [4.69, 9.17) is 5.73 Å². The average Bonchev–Trinajstić information content (AvgIpc) is 2.21. The van der Waals surface area contributed by atoms with Crippen LogP contribution in [0.2, 0.25) is 0 Å². The highest BCUT2D eigenvalue weighted by atomic mass is 16.3. The Kier molecular flexibility index (Phi) is 1.92. The van der Waals surface area contributed by atoms with Crippen LogP contribution in [0.15, 0.2) is 0 Å². The van der Waals surface area contributed by atoms with Gasteiger partial charge in [-0.05, 0) is 55.9 Å². The standard InChI is InChI=1S/C10H19NO/c11-7-9-1-4-10(8-12,5-2-9)6-3-9/h12H,1-8,11H2. The van der Waals surface area contributed by atoms with Gasteiger partial charge >= 0.3 is 0 Å². The minimum atomic E-state index is 0.302. The molecule has 2 nitrogen and oxygen atoms in total. The van der Waals surface area contributed by atoms with Crippen LogP contribution in [0.25, 0.3) is 0 Å². The van der Waals surface area contributed by atoms with Gasteiger partial charge in [0.05, 0.1) is 0 Å². The maximum atomic E-state index is 9.29. The first-order valence-corrected chi connectivity index (χ1v) is 5.05. The zero-order chi connectivity index (χ0) is 8.66. The lowest BCUT2D eigenvalue weighted by atomic mass is 9.54.